The summed E-state index contributed by atoms with van der Waals surface area (Å²) in [5, 5.41) is 11.8. The number of nitrogens with one attached hydrogen (secondary N) is 1. The molecule has 1 aliphatic heterocycles. The monoisotopic (exact) mass is 344 g/mol. The van der Waals surface area contributed by atoms with Crippen LogP contribution >= 0.6 is 0 Å². The number of hydrogen-bond acceptors (Lipinski definition) is 3. The summed E-state index contributed by atoms with van der Waals surface area (Å²) in [4.78, 5) is 14.1. The molecule has 0 aromatic heterocycles. The first-order valence-electron chi connectivity index (χ1n) is 8.35. The molecule has 1 fully saturated rings. The molecule has 0 spiro atoms. The molecule has 1 heterocycles. The van der Waals surface area contributed by atoms with Gasteiger partial charge in [0.15, 0.2) is 5.75 Å². The minimum absolute atomic E-state index is 0.124. The summed E-state index contributed by atoms with van der Waals surface area (Å²) >= 11 is 0. The maximum Gasteiger partial charge on any atom is 0.321 e. The topological polar surface area (TPSA) is 61.8 Å². The second-order valence-electron chi connectivity index (χ2n) is 6.10. The first kappa shape index (κ1) is 17.2. The number of nitrogens with zero attached hydrogens (tertiary/aromatic N) is 1. The SMILES string of the molecule is O=C(Nc1cc(F)ccc1Oc1ccccc1)N1CC[C@H](CCO)C1. The van der Waals surface area contributed by atoms with Gasteiger partial charge in [-0.15, -0.1) is 0 Å². The Bertz CT molecular complexity index is 724. The van der Waals surface area contributed by atoms with Crippen molar-refractivity contribution in [3.05, 3.63) is 54.3 Å². The van der Waals surface area contributed by atoms with Gasteiger partial charge in [-0.1, -0.05) is 18.2 Å². The van der Waals surface area contributed by atoms with Crippen LogP contribution < -0.4 is 10.1 Å². The zero-order valence-electron chi connectivity index (χ0n) is 13.8. The Balaban J connectivity index is 1.71. The lowest BCUT2D eigenvalue weighted by molar-refractivity contribution is 0.217. The van der Waals surface area contributed by atoms with Gasteiger partial charge in [0.2, 0.25) is 0 Å². The Kier molecular flexibility index (Phi) is 5.50. The van der Waals surface area contributed by atoms with Crippen molar-refractivity contribution in [2.45, 2.75) is 12.8 Å². The number of amides is 2. The Morgan fingerprint density at radius 3 is 2.84 bits per heavy atom. The average molecular weight is 344 g/mol. The minimum atomic E-state index is -0.449. The van der Waals surface area contributed by atoms with Crippen LogP contribution in [0.2, 0.25) is 0 Å². The van der Waals surface area contributed by atoms with E-state index in [9.17, 15) is 9.18 Å². The molecule has 0 saturated carbocycles. The van der Waals surface area contributed by atoms with Crippen LogP contribution in [0.5, 0.6) is 11.5 Å². The van der Waals surface area contributed by atoms with Gasteiger partial charge >= 0.3 is 6.03 Å². The fourth-order valence-corrected chi connectivity index (χ4v) is 2.93. The second-order valence-corrected chi connectivity index (χ2v) is 6.10. The predicted octanol–water partition coefficient (Wildman–Crippen LogP) is 3.85. The molecule has 25 heavy (non-hydrogen) atoms. The lowest BCUT2D eigenvalue weighted by Crippen LogP contribution is -2.33. The van der Waals surface area contributed by atoms with Crippen LogP contribution in [0.1, 0.15) is 12.8 Å². The van der Waals surface area contributed by atoms with Crippen molar-refractivity contribution in [2.75, 3.05) is 25.0 Å². The molecule has 0 unspecified atom stereocenters. The van der Waals surface area contributed by atoms with Gasteiger partial charge in [0.1, 0.15) is 11.6 Å². The van der Waals surface area contributed by atoms with E-state index in [4.69, 9.17) is 9.84 Å². The van der Waals surface area contributed by atoms with Gasteiger partial charge in [0, 0.05) is 25.8 Å². The molecule has 1 atom stereocenters. The molecule has 0 aliphatic carbocycles. The van der Waals surface area contributed by atoms with Crippen molar-refractivity contribution in [1.82, 2.24) is 4.90 Å². The number of hydrogen-bond donors (Lipinski definition) is 2. The number of aliphatic hydroxyl groups excluding tert-OH is 1. The third-order valence-corrected chi connectivity index (χ3v) is 4.26. The molecule has 2 N–H and O–H groups in total. The largest absolute Gasteiger partial charge is 0.455 e. The molecular weight excluding hydrogens is 323 g/mol. The van der Waals surface area contributed by atoms with Crippen LogP contribution in [-0.4, -0.2) is 35.7 Å². The third kappa shape index (κ3) is 4.48. The molecule has 2 aromatic carbocycles. The van der Waals surface area contributed by atoms with E-state index < -0.39 is 5.82 Å². The number of halogens is 1. The molecule has 6 heteroatoms. The number of anilines is 1. The molecule has 0 bridgehead atoms. The first-order valence-corrected chi connectivity index (χ1v) is 8.35. The molecule has 1 saturated heterocycles. The highest BCUT2D eigenvalue weighted by atomic mass is 19.1. The molecular formula is C19H21FN2O3. The number of carbonyl (C=O) groups excluding carboxylic acids is 1. The Labute approximate surface area is 146 Å². The molecule has 0 radical (unpaired) electrons. The zero-order chi connectivity index (χ0) is 17.6. The van der Waals surface area contributed by atoms with E-state index in [0.717, 1.165) is 6.42 Å². The number of rotatable bonds is 5. The molecule has 132 valence electrons. The van der Waals surface area contributed by atoms with E-state index in [2.05, 4.69) is 5.32 Å². The van der Waals surface area contributed by atoms with E-state index in [-0.39, 0.29) is 12.6 Å². The highest BCUT2D eigenvalue weighted by molar-refractivity contribution is 5.91. The third-order valence-electron chi connectivity index (χ3n) is 4.26. The number of para-hydroxylation sites is 1. The highest BCUT2D eigenvalue weighted by Crippen LogP contribution is 2.31. The number of ether oxygens (including phenoxy) is 1. The summed E-state index contributed by atoms with van der Waals surface area (Å²) in [7, 11) is 0. The maximum atomic E-state index is 13.6. The minimum Gasteiger partial charge on any atom is -0.455 e. The first-order chi connectivity index (χ1) is 12.2. The van der Waals surface area contributed by atoms with E-state index in [1.165, 1.54) is 18.2 Å². The van der Waals surface area contributed by atoms with Gasteiger partial charge in [-0.3, -0.25) is 0 Å². The van der Waals surface area contributed by atoms with E-state index in [0.29, 0.717) is 42.6 Å². The normalized spacial score (nSPS) is 16.7. The van der Waals surface area contributed by atoms with Crippen molar-refractivity contribution in [2.24, 2.45) is 5.92 Å². The van der Waals surface area contributed by atoms with Crippen molar-refractivity contribution >= 4 is 11.7 Å². The van der Waals surface area contributed by atoms with Crippen LogP contribution in [0.4, 0.5) is 14.9 Å². The van der Waals surface area contributed by atoms with Crippen LogP contribution in [0, 0.1) is 11.7 Å². The average Bonchev–Trinajstić information content (AvgIpc) is 3.07. The number of likely N-dealkylation sites (tertiary alicyclic amines) is 1. The number of carbonyl (C=O) groups is 1. The van der Waals surface area contributed by atoms with E-state index in [1.807, 2.05) is 18.2 Å². The lowest BCUT2D eigenvalue weighted by Gasteiger charge is -2.19. The molecule has 5 nitrogen and oxygen atoms in total. The zero-order valence-corrected chi connectivity index (χ0v) is 13.8. The summed E-state index contributed by atoms with van der Waals surface area (Å²) < 4.78 is 19.4. The quantitative estimate of drug-likeness (QED) is 0.866. The summed E-state index contributed by atoms with van der Waals surface area (Å²) in [6.07, 6.45) is 1.55. The Hall–Kier alpha value is -2.60. The van der Waals surface area contributed by atoms with Gasteiger partial charge in [-0.05, 0) is 43.0 Å². The summed E-state index contributed by atoms with van der Waals surface area (Å²) in [5.74, 6) is 0.847. The highest BCUT2D eigenvalue weighted by Gasteiger charge is 2.26. The van der Waals surface area contributed by atoms with Crippen LogP contribution in [-0.2, 0) is 0 Å². The van der Waals surface area contributed by atoms with Gasteiger partial charge < -0.3 is 20.1 Å². The van der Waals surface area contributed by atoms with Crippen LogP contribution in [0.15, 0.2) is 48.5 Å². The molecule has 2 amide bonds. The van der Waals surface area contributed by atoms with E-state index in [1.54, 1.807) is 17.0 Å². The molecule has 3 rings (SSSR count). The summed E-state index contributed by atoms with van der Waals surface area (Å²) in [5.41, 5.74) is 0.291. The standard InChI is InChI=1S/C19H21FN2O3/c20-15-6-7-18(25-16-4-2-1-3-5-16)17(12-15)21-19(24)22-10-8-14(13-22)9-11-23/h1-7,12,14,23H,8-11,13H2,(H,21,24)/t14-/m1/s1. The van der Waals surface area contributed by atoms with Crippen LogP contribution in [0.25, 0.3) is 0 Å². The van der Waals surface area contributed by atoms with Gasteiger partial charge in [-0.2, -0.15) is 0 Å². The Morgan fingerprint density at radius 1 is 1.28 bits per heavy atom. The fourth-order valence-electron chi connectivity index (χ4n) is 2.93. The van der Waals surface area contributed by atoms with Crippen molar-refractivity contribution in [3.63, 3.8) is 0 Å². The van der Waals surface area contributed by atoms with E-state index >= 15 is 0 Å². The molecule has 2 aromatic rings. The number of benzene rings is 2. The smallest absolute Gasteiger partial charge is 0.321 e. The predicted molar refractivity (Wildman–Crippen MR) is 93.3 cm³/mol. The van der Waals surface area contributed by atoms with Crippen LogP contribution in [0.3, 0.4) is 0 Å². The number of aliphatic hydroxyl groups is 1. The summed E-state index contributed by atoms with van der Waals surface area (Å²) in [6, 6.07) is 12.9. The summed E-state index contributed by atoms with van der Waals surface area (Å²) in [6.45, 7) is 1.34. The fraction of sp³-hybridized carbons (Fsp3) is 0.316. The van der Waals surface area contributed by atoms with Gasteiger partial charge in [0.05, 0.1) is 5.69 Å². The van der Waals surface area contributed by atoms with Crippen molar-refractivity contribution < 1.29 is 19.0 Å². The molecule has 1 aliphatic rings. The number of urea groups is 1. The van der Waals surface area contributed by atoms with Gasteiger partial charge in [-0.25, -0.2) is 9.18 Å². The van der Waals surface area contributed by atoms with Gasteiger partial charge in [0.25, 0.3) is 0 Å². The maximum absolute atomic E-state index is 13.6. The van der Waals surface area contributed by atoms with Crippen molar-refractivity contribution in [3.8, 4) is 11.5 Å². The lowest BCUT2D eigenvalue weighted by atomic mass is 10.1. The Morgan fingerprint density at radius 2 is 2.08 bits per heavy atom. The van der Waals surface area contributed by atoms with Crippen molar-refractivity contribution in [1.29, 1.82) is 0 Å². The second kappa shape index (κ2) is 7.98.